The number of fused-ring (bicyclic) bond motifs is 1. The first-order chi connectivity index (χ1) is 18.0. The molecule has 184 valence electrons. The van der Waals surface area contributed by atoms with Gasteiger partial charge in [-0.3, -0.25) is 14.7 Å². The summed E-state index contributed by atoms with van der Waals surface area (Å²) >= 11 is 0. The molecule has 37 heavy (non-hydrogen) atoms. The number of aryl methyl sites for hydroxylation is 1. The first kappa shape index (κ1) is 22.7. The minimum Gasteiger partial charge on any atom is -0.340 e. The number of carbonyl (C=O) groups is 2. The number of aromatic nitrogens is 5. The van der Waals surface area contributed by atoms with Gasteiger partial charge in [0.1, 0.15) is 17.3 Å². The molecular weight excluding hydrogens is 466 g/mol. The van der Waals surface area contributed by atoms with Crippen LogP contribution in [0.25, 0.3) is 33.4 Å². The van der Waals surface area contributed by atoms with Crippen molar-refractivity contribution in [2.24, 2.45) is 13.0 Å². The molecule has 0 atom stereocenters. The highest BCUT2D eigenvalue weighted by atomic mass is 16.2. The Morgan fingerprint density at radius 3 is 2.51 bits per heavy atom. The Bertz CT molecular complexity index is 1610. The van der Waals surface area contributed by atoms with Gasteiger partial charge in [-0.2, -0.15) is 5.10 Å². The van der Waals surface area contributed by atoms with Crippen LogP contribution in [0.2, 0.25) is 0 Å². The van der Waals surface area contributed by atoms with Crippen molar-refractivity contribution in [3.63, 3.8) is 0 Å². The van der Waals surface area contributed by atoms with Gasteiger partial charge in [0.2, 0.25) is 0 Å². The molecule has 4 heterocycles. The number of H-pyrrole nitrogens is 1. The molecule has 6 rings (SSSR count). The van der Waals surface area contributed by atoms with Crippen LogP contribution in [0, 0.1) is 5.92 Å². The van der Waals surface area contributed by atoms with Gasteiger partial charge in [-0.25, -0.2) is 9.97 Å². The summed E-state index contributed by atoms with van der Waals surface area (Å²) in [6.07, 6.45) is 5.37. The highest BCUT2D eigenvalue weighted by Gasteiger charge is 2.35. The zero-order valence-corrected chi connectivity index (χ0v) is 20.5. The largest absolute Gasteiger partial charge is 0.340 e. The van der Waals surface area contributed by atoms with Crippen molar-refractivity contribution in [3.05, 3.63) is 78.9 Å². The fourth-order valence-electron chi connectivity index (χ4n) is 4.61. The number of rotatable bonds is 6. The van der Waals surface area contributed by atoms with E-state index in [9.17, 15) is 9.59 Å². The fourth-order valence-corrected chi connectivity index (χ4v) is 4.61. The van der Waals surface area contributed by atoms with Crippen molar-refractivity contribution in [2.75, 3.05) is 18.4 Å². The van der Waals surface area contributed by atoms with Crippen molar-refractivity contribution in [3.8, 4) is 22.5 Å². The third kappa shape index (κ3) is 4.24. The van der Waals surface area contributed by atoms with E-state index in [1.165, 1.54) is 0 Å². The van der Waals surface area contributed by atoms with Gasteiger partial charge < -0.3 is 14.8 Å². The number of anilines is 2. The van der Waals surface area contributed by atoms with Gasteiger partial charge in [-0.05, 0) is 42.8 Å². The number of nitrogens with zero attached hydrogens (tertiary/aromatic N) is 5. The van der Waals surface area contributed by atoms with E-state index in [1.807, 2.05) is 72.4 Å². The second-order valence-corrected chi connectivity index (χ2v) is 9.33. The maximum atomic E-state index is 13.0. The van der Waals surface area contributed by atoms with Gasteiger partial charge in [0.05, 0.1) is 12.1 Å². The molecule has 2 N–H and O–H groups in total. The number of hydrogen-bond acceptors (Lipinski definition) is 6. The highest BCUT2D eigenvalue weighted by Crippen LogP contribution is 2.28. The molecule has 1 aliphatic heterocycles. The highest BCUT2D eigenvalue weighted by molar-refractivity contribution is 6.00. The van der Waals surface area contributed by atoms with E-state index in [1.54, 1.807) is 24.2 Å². The summed E-state index contributed by atoms with van der Waals surface area (Å²) in [7, 11) is 1.88. The zero-order chi connectivity index (χ0) is 25.5. The molecule has 0 spiro atoms. The number of amides is 1. The number of carbonyl (C=O) groups excluding carboxylic acids is 2. The summed E-state index contributed by atoms with van der Waals surface area (Å²) in [6.45, 7) is 2.55. The van der Waals surface area contributed by atoms with E-state index in [0.29, 0.717) is 30.4 Å². The Morgan fingerprint density at radius 1 is 1.00 bits per heavy atom. The smallest absolute Gasteiger partial charge is 0.270 e. The van der Waals surface area contributed by atoms with Crippen LogP contribution in [0.1, 0.15) is 17.4 Å². The number of ketones is 1. The number of likely N-dealkylation sites (tertiary alicyclic amines) is 1. The Labute approximate surface area is 213 Å². The molecule has 5 aromatic rings. The molecule has 1 saturated heterocycles. The number of Topliss-reactive ketones (excluding diaryl/α,β-unsaturated/α-hetero) is 1. The second-order valence-electron chi connectivity index (χ2n) is 9.33. The molecule has 1 aliphatic rings. The molecule has 9 heteroatoms. The third-order valence-corrected chi connectivity index (χ3v) is 6.91. The van der Waals surface area contributed by atoms with Gasteiger partial charge in [0, 0.05) is 60.2 Å². The van der Waals surface area contributed by atoms with Crippen LogP contribution in [-0.2, 0) is 11.8 Å². The topological polar surface area (TPSA) is 109 Å². The lowest BCUT2D eigenvalue weighted by Gasteiger charge is -2.37. The van der Waals surface area contributed by atoms with E-state index < -0.39 is 0 Å². The lowest BCUT2D eigenvalue weighted by Crippen LogP contribution is -2.52. The van der Waals surface area contributed by atoms with Crippen molar-refractivity contribution in [2.45, 2.75) is 6.92 Å². The molecule has 1 fully saturated rings. The Kier molecular flexibility index (Phi) is 5.52. The maximum absolute atomic E-state index is 13.0. The number of hydrogen-bond donors (Lipinski definition) is 2. The van der Waals surface area contributed by atoms with E-state index >= 15 is 0 Å². The van der Waals surface area contributed by atoms with E-state index in [2.05, 4.69) is 20.5 Å². The summed E-state index contributed by atoms with van der Waals surface area (Å²) in [5.74, 6) is 1.30. The second kappa shape index (κ2) is 9.02. The van der Waals surface area contributed by atoms with Gasteiger partial charge in [-0.1, -0.05) is 24.3 Å². The zero-order valence-electron chi connectivity index (χ0n) is 20.5. The van der Waals surface area contributed by atoms with Gasteiger partial charge in [0.25, 0.3) is 5.91 Å². The average Bonchev–Trinajstić information content (AvgIpc) is 3.52. The van der Waals surface area contributed by atoms with Crippen LogP contribution >= 0.6 is 0 Å². The third-order valence-electron chi connectivity index (χ3n) is 6.91. The lowest BCUT2D eigenvalue weighted by atomic mass is 9.96. The van der Waals surface area contributed by atoms with Crippen LogP contribution < -0.4 is 5.32 Å². The first-order valence-electron chi connectivity index (χ1n) is 12.0. The summed E-state index contributed by atoms with van der Waals surface area (Å²) in [6, 6.07) is 17.7. The molecular formula is C28H25N7O2. The summed E-state index contributed by atoms with van der Waals surface area (Å²) in [5.41, 5.74) is 5.39. The van der Waals surface area contributed by atoms with Crippen LogP contribution in [0.15, 0.2) is 73.2 Å². The summed E-state index contributed by atoms with van der Waals surface area (Å²) in [4.78, 5) is 35.4. The average molecular weight is 492 g/mol. The minimum absolute atomic E-state index is 0.0438. The SMILES string of the molecule is CC(=O)C1CN(C(=O)c2cc3ccc(-c4nccc(Nc5ccc(-c6cn[nH]c6)cc5)n4)cc3n2C)C1. The monoisotopic (exact) mass is 491 g/mol. The fraction of sp³-hybridized carbons (Fsp3) is 0.179. The predicted octanol–water partition coefficient (Wildman–Crippen LogP) is 4.43. The standard InChI is InChI=1S/C28H25N7O2/c1-17(36)22-15-35(16-22)28(37)25-11-19-3-4-20(12-24(19)34(25)2)27-29-10-9-26(33-27)32-23-7-5-18(6-8-23)21-13-30-31-14-21/h3-14,22H,15-16H2,1-2H3,(H,30,31)(H,29,32,33). The number of aromatic amines is 1. The predicted molar refractivity (Wildman–Crippen MR) is 141 cm³/mol. The molecule has 9 nitrogen and oxygen atoms in total. The molecule has 0 aliphatic carbocycles. The van der Waals surface area contributed by atoms with Crippen molar-refractivity contribution in [1.29, 1.82) is 0 Å². The Morgan fingerprint density at radius 2 is 1.78 bits per heavy atom. The van der Waals surface area contributed by atoms with Crippen LogP contribution in [0.4, 0.5) is 11.5 Å². The van der Waals surface area contributed by atoms with Crippen LogP contribution in [0.3, 0.4) is 0 Å². The minimum atomic E-state index is -0.0565. The van der Waals surface area contributed by atoms with Crippen molar-refractivity contribution >= 4 is 34.1 Å². The van der Waals surface area contributed by atoms with Gasteiger partial charge >= 0.3 is 0 Å². The molecule has 0 saturated carbocycles. The maximum Gasteiger partial charge on any atom is 0.270 e. The first-order valence-corrected chi connectivity index (χ1v) is 12.0. The Balaban J connectivity index is 1.22. The van der Waals surface area contributed by atoms with E-state index in [0.717, 1.165) is 33.3 Å². The molecule has 2 aromatic carbocycles. The van der Waals surface area contributed by atoms with Crippen LogP contribution in [-0.4, -0.2) is 54.4 Å². The van der Waals surface area contributed by atoms with E-state index in [-0.39, 0.29) is 17.6 Å². The molecule has 0 bridgehead atoms. The van der Waals surface area contributed by atoms with Crippen LogP contribution in [0.5, 0.6) is 0 Å². The van der Waals surface area contributed by atoms with Gasteiger partial charge in [-0.15, -0.1) is 0 Å². The molecule has 0 radical (unpaired) electrons. The Hall–Kier alpha value is -4.79. The molecule has 1 amide bonds. The normalized spacial score (nSPS) is 13.5. The van der Waals surface area contributed by atoms with Gasteiger partial charge in [0.15, 0.2) is 5.82 Å². The summed E-state index contributed by atoms with van der Waals surface area (Å²) in [5, 5.41) is 11.1. The van der Waals surface area contributed by atoms with Crippen molar-refractivity contribution < 1.29 is 9.59 Å². The lowest BCUT2D eigenvalue weighted by molar-refractivity contribution is -0.124. The molecule has 0 unspecified atom stereocenters. The van der Waals surface area contributed by atoms with Crippen molar-refractivity contribution in [1.82, 2.24) is 29.6 Å². The number of benzene rings is 2. The molecule has 3 aromatic heterocycles. The summed E-state index contributed by atoms with van der Waals surface area (Å²) < 4.78 is 1.89. The van der Waals surface area contributed by atoms with E-state index in [4.69, 9.17) is 4.98 Å². The number of nitrogens with one attached hydrogen (secondary N) is 2. The quantitative estimate of drug-likeness (QED) is 0.364.